The lowest BCUT2D eigenvalue weighted by Gasteiger charge is -2.09. The van der Waals surface area contributed by atoms with Crippen molar-refractivity contribution in [3.8, 4) is 0 Å². The van der Waals surface area contributed by atoms with E-state index in [1.807, 2.05) is 38.1 Å². The van der Waals surface area contributed by atoms with Crippen LogP contribution in [-0.2, 0) is 10.5 Å². The van der Waals surface area contributed by atoms with Crippen LogP contribution in [0.3, 0.4) is 0 Å². The predicted octanol–water partition coefficient (Wildman–Crippen LogP) is 3.65. The highest BCUT2D eigenvalue weighted by atomic mass is 35.5. The van der Waals surface area contributed by atoms with Gasteiger partial charge in [0, 0.05) is 28.4 Å². The molecule has 0 radical (unpaired) electrons. The maximum Gasteiger partial charge on any atom is 0.230 e. The number of carbonyl (C=O) groups is 1. The molecule has 0 atom stereocenters. The number of thioether (sulfide) groups is 1. The van der Waals surface area contributed by atoms with Crippen LogP contribution < -0.4 is 5.32 Å². The molecule has 106 valence electrons. The van der Waals surface area contributed by atoms with Gasteiger partial charge in [-0.1, -0.05) is 17.7 Å². The van der Waals surface area contributed by atoms with Gasteiger partial charge in [-0.3, -0.25) is 9.78 Å². The summed E-state index contributed by atoms with van der Waals surface area (Å²) in [4.78, 5) is 16.0. The first kappa shape index (κ1) is 15.1. The fourth-order valence-corrected chi connectivity index (χ4v) is 2.97. The zero-order valence-corrected chi connectivity index (χ0v) is 13.1. The minimum atomic E-state index is 0.0660. The summed E-state index contributed by atoms with van der Waals surface area (Å²) in [6.45, 7) is 3.92. The van der Waals surface area contributed by atoms with E-state index >= 15 is 0 Å². The molecule has 0 spiro atoms. The van der Waals surface area contributed by atoms with Crippen molar-refractivity contribution in [3.05, 3.63) is 41.0 Å². The summed E-state index contributed by atoms with van der Waals surface area (Å²) in [6.07, 6.45) is 1.76. The molecule has 1 aromatic heterocycles. The van der Waals surface area contributed by atoms with E-state index in [1.54, 1.807) is 18.0 Å². The lowest BCUT2D eigenvalue weighted by Crippen LogP contribution is -2.31. The number of aromatic nitrogens is 1. The van der Waals surface area contributed by atoms with Crippen molar-refractivity contribution >= 4 is 40.2 Å². The summed E-state index contributed by atoms with van der Waals surface area (Å²) in [6, 6.07) is 7.88. The van der Waals surface area contributed by atoms with Crippen LogP contribution in [0.2, 0.25) is 5.02 Å². The number of benzene rings is 1. The fourth-order valence-electron chi connectivity index (χ4n) is 1.93. The van der Waals surface area contributed by atoms with Crippen molar-refractivity contribution in [2.75, 3.05) is 5.75 Å². The minimum absolute atomic E-state index is 0.0660. The summed E-state index contributed by atoms with van der Waals surface area (Å²) < 4.78 is 0. The Morgan fingerprint density at radius 1 is 1.40 bits per heavy atom. The zero-order valence-electron chi connectivity index (χ0n) is 11.5. The fraction of sp³-hybridized carbons (Fsp3) is 0.333. The number of nitrogens with zero attached hydrogens (tertiary/aromatic N) is 1. The summed E-state index contributed by atoms with van der Waals surface area (Å²) in [5.74, 6) is 1.27. The van der Waals surface area contributed by atoms with Crippen molar-refractivity contribution < 1.29 is 4.79 Å². The van der Waals surface area contributed by atoms with Gasteiger partial charge >= 0.3 is 0 Å². The number of halogens is 1. The molecule has 0 aliphatic rings. The van der Waals surface area contributed by atoms with Crippen molar-refractivity contribution in [1.82, 2.24) is 10.3 Å². The van der Waals surface area contributed by atoms with Crippen LogP contribution in [0, 0.1) is 0 Å². The quantitative estimate of drug-likeness (QED) is 0.917. The first-order valence-electron chi connectivity index (χ1n) is 6.47. The average molecular weight is 309 g/mol. The Morgan fingerprint density at radius 2 is 2.20 bits per heavy atom. The monoisotopic (exact) mass is 308 g/mol. The zero-order chi connectivity index (χ0) is 14.5. The molecular weight excluding hydrogens is 292 g/mol. The minimum Gasteiger partial charge on any atom is -0.353 e. The Labute approximate surface area is 128 Å². The molecule has 1 aromatic carbocycles. The van der Waals surface area contributed by atoms with Gasteiger partial charge in [-0.2, -0.15) is 0 Å². The SMILES string of the molecule is CC(C)NC(=O)CSCc1ccc(Cl)c2cccnc12. The average Bonchev–Trinajstić information content (AvgIpc) is 2.41. The first-order valence-corrected chi connectivity index (χ1v) is 8.00. The van der Waals surface area contributed by atoms with E-state index < -0.39 is 0 Å². The summed E-state index contributed by atoms with van der Waals surface area (Å²) in [5, 5.41) is 4.54. The van der Waals surface area contributed by atoms with Gasteiger partial charge in [-0.05, 0) is 37.6 Å². The van der Waals surface area contributed by atoms with Gasteiger partial charge in [-0.15, -0.1) is 11.8 Å². The van der Waals surface area contributed by atoms with Gasteiger partial charge in [-0.25, -0.2) is 0 Å². The Hall–Kier alpha value is -1.26. The smallest absolute Gasteiger partial charge is 0.230 e. The van der Waals surface area contributed by atoms with Gasteiger partial charge in [0.2, 0.25) is 5.91 Å². The van der Waals surface area contributed by atoms with Crippen LogP contribution in [0.5, 0.6) is 0 Å². The Bertz CT molecular complexity index is 616. The number of amides is 1. The Balaban J connectivity index is 2.04. The van der Waals surface area contributed by atoms with Crippen LogP contribution >= 0.6 is 23.4 Å². The summed E-state index contributed by atoms with van der Waals surface area (Å²) in [7, 11) is 0. The van der Waals surface area contributed by atoms with Gasteiger partial charge < -0.3 is 5.32 Å². The Morgan fingerprint density at radius 3 is 2.95 bits per heavy atom. The van der Waals surface area contributed by atoms with E-state index in [1.165, 1.54) is 0 Å². The Kier molecular flexibility index (Phi) is 5.26. The lowest BCUT2D eigenvalue weighted by molar-refractivity contribution is -0.119. The molecule has 20 heavy (non-hydrogen) atoms. The lowest BCUT2D eigenvalue weighted by atomic mass is 10.1. The number of carbonyl (C=O) groups excluding carboxylic acids is 1. The second-order valence-electron chi connectivity index (χ2n) is 4.82. The molecular formula is C15H17ClN2OS. The summed E-state index contributed by atoms with van der Waals surface area (Å²) >= 11 is 7.74. The molecule has 2 aromatic rings. The predicted molar refractivity (Wildman–Crippen MR) is 86.2 cm³/mol. The molecule has 1 N–H and O–H groups in total. The largest absolute Gasteiger partial charge is 0.353 e. The molecule has 3 nitrogen and oxygen atoms in total. The van der Waals surface area contributed by atoms with Crippen molar-refractivity contribution in [2.45, 2.75) is 25.6 Å². The van der Waals surface area contributed by atoms with Crippen LogP contribution in [0.1, 0.15) is 19.4 Å². The van der Waals surface area contributed by atoms with E-state index in [0.29, 0.717) is 10.8 Å². The van der Waals surface area contributed by atoms with Gasteiger partial charge in [0.25, 0.3) is 0 Å². The third-order valence-electron chi connectivity index (χ3n) is 2.74. The van der Waals surface area contributed by atoms with Gasteiger partial charge in [0.1, 0.15) is 0 Å². The van der Waals surface area contributed by atoms with Gasteiger partial charge in [0.05, 0.1) is 11.3 Å². The number of hydrogen-bond donors (Lipinski definition) is 1. The molecule has 0 fully saturated rings. The highest BCUT2D eigenvalue weighted by molar-refractivity contribution is 7.99. The molecule has 5 heteroatoms. The number of hydrogen-bond acceptors (Lipinski definition) is 3. The molecule has 2 rings (SSSR count). The second kappa shape index (κ2) is 6.95. The molecule has 0 saturated carbocycles. The number of nitrogens with one attached hydrogen (secondary N) is 1. The van der Waals surface area contributed by atoms with Crippen molar-refractivity contribution in [2.24, 2.45) is 0 Å². The molecule has 0 saturated heterocycles. The molecule has 0 bridgehead atoms. The van der Waals surface area contributed by atoms with Gasteiger partial charge in [0.15, 0.2) is 0 Å². The van der Waals surface area contributed by atoms with Crippen molar-refractivity contribution in [1.29, 1.82) is 0 Å². The van der Waals surface area contributed by atoms with Crippen LogP contribution in [0.15, 0.2) is 30.5 Å². The number of fused-ring (bicyclic) bond motifs is 1. The van der Waals surface area contributed by atoms with Crippen LogP contribution in [-0.4, -0.2) is 22.7 Å². The summed E-state index contributed by atoms with van der Waals surface area (Å²) in [5.41, 5.74) is 2.02. The van der Waals surface area contributed by atoms with E-state index in [2.05, 4.69) is 10.3 Å². The topological polar surface area (TPSA) is 42.0 Å². The molecule has 1 heterocycles. The van der Waals surface area contributed by atoms with Crippen LogP contribution in [0.25, 0.3) is 10.9 Å². The molecule has 0 unspecified atom stereocenters. The highest BCUT2D eigenvalue weighted by Gasteiger charge is 2.08. The number of pyridine rings is 1. The number of rotatable bonds is 5. The molecule has 1 amide bonds. The van der Waals surface area contributed by atoms with Crippen LogP contribution in [0.4, 0.5) is 0 Å². The molecule has 0 aliphatic carbocycles. The molecule has 0 aliphatic heterocycles. The van der Waals surface area contributed by atoms with E-state index in [4.69, 9.17) is 11.6 Å². The van der Waals surface area contributed by atoms with E-state index in [9.17, 15) is 4.79 Å². The normalized spacial score (nSPS) is 11.0. The standard InChI is InChI=1S/C15H17ClN2OS/c1-10(2)18-14(19)9-20-8-11-5-6-13(16)12-4-3-7-17-15(11)12/h3-7,10H,8-9H2,1-2H3,(H,18,19). The maximum atomic E-state index is 11.6. The van der Waals surface area contributed by atoms with E-state index in [-0.39, 0.29) is 11.9 Å². The maximum absolute atomic E-state index is 11.6. The third-order valence-corrected chi connectivity index (χ3v) is 4.05. The third kappa shape index (κ3) is 3.87. The second-order valence-corrected chi connectivity index (χ2v) is 6.21. The van der Waals surface area contributed by atoms with Crippen molar-refractivity contribution in [3.63, 3.8) is 0 Å². The highest BCUT2D eigenvalue weighted by Crippen LogP contribution is 2.27. The first-order chi connectivity index (χ1) is 9.58. The van der Waals surface area contributed by atoms with E-state index in [0.717, 1.165) is 22.2 Å².